The highest BCUT2D eigenvalue weighted by atomic mass is 32.1. The summed E-state index contributed by atoms with van der Waals surface area (Å²) in [6, 6.07) is 13.1. The number of aromatic nitrogens is 1. The average molecular weight is 396 g/mol. The van der Waals surface area contributed by atoms with Gasteiger partial charge in [-0.1, -0.05) is 29.8 Å². The normalized spacial score (nSPS) is 10.4. The summed E-state index contributed by atoms with van der Waals surface area (Å²) in [5, 5.41) is 3.24. The maximum Gasteiger partial charge on any atom is 0.264 e. The number of aryl methyl sites for hydroxylation is 1. The van der Waals surface area contributed by atoms with Crippen LogP contribution >= 0.6 is 11.3 Å². The van der Waals surface area contributed by atoms with Crippen LogP contribution in [0.4, 0.5) is 5.13 Å². The molecule has 0 aliphatic rings. The molecule has 1 N–H and O–H groups in total. The lowest BCUT2D eigenvalue weighted by Gasteiger charge is -2.10. The first-order valence-corrected chi connectivity index (χ1v) is 9.45. The summed E-state index contributed by atoms with van der Waals surface area (Å²) in [6.45, 7) is 1.84. The maximum atomic E-state index is 12.2. The molecule has 0 spiro atoms. The smallest absolute Gasteiger partial charge is 0.264 e. The van der Waals surface area contributed by atoms with Crippen molar-refractivity contribution in [3.05, 3.63) is 70.2 Å². The molecule has 0 bridgehead atoms. The number of rotatable bonds is 8. The van der Waals surface area contributed by atoms with Gasteiger partial charge in [0, 0.05) is 23.1 Å². The zero-order chi connectivity index (χ0) is 19.9. The molecule has 0 fully saturated rings. The molecule has 3 rings (SSSR count). The minimum atomic E-state index is -0.338. The number of nitrogens with one attached hydrogen (secondary N) is 1. The number of nitrogens with zero attached hydrogens (tertiary/aromatic N) is 1. The van der Waals surface area contributed by atoms with E-state index in [0.29, 0.717) is 28.5 Å². The summed E-state index contributed by atoms with van der Waals surface area (Å²) in [7, 11) is 1.49. The summed E-state index contributed by atoms with van der Waals surface area (Å²) in [6.07, 6.45) is 3.23. The van der Waals surface area contributed by atoms with E-state index in [1.807, 2.05) is 0 Å². The van der Waals surface area contributed by atoms with Gasteiger partial charge in [0.05, 0.1) is 7.11 Å². The molecule has 3 aromatic rings. The van der Waals surface area contributed by atoms with Gasteiger partial charge in [0.1, 0.15) is 6.29 Å². The molecule has 1 aromatic heterocycles. The molecule has 1 amide bonds. The summed E-state index contributed by atoms with van der Waals surface area (Å²) in [5.74, 6) is 0.448. The van der Waals surface area contributed by atoms with Gasteiger partial charge in [0.2, 0.25) is 0 Å². The van der Waals surface area contributed by atoms with Crippen LogP contribution in [0.2, 0.25) is 0 Å². The number of ether oxygens (including phenoxy) is 2. The third-order valence-electron chi connectivity index (χ3n) is 3.98. The summed E-state index contributed by atoms with van der Waals surface area (Å²) in [5.41, 5.74) is 2.85. The van der Waals surface area contributed by atoms with Gasteiger partial charge < -0.3 is 9.47 Å². The number of aldehydes is 1. The van der Waals surface area contributed by atoms with E-state index in [2.05, 4.69) is 41.5 Å². The zero-order valence-electron chi connectivity index (χ0n) is 15.6. The fourth-order valence-electron chi connectivity index (χ4n) is 2.53. The van der Waals surface area contributed by atoms with Gasteiger partial charge in [-0.2, -0.15) is 0 Å². The molecular formula is C21H20N2O4S. The number of benzene rings is 2. The minimum Gasteiger partial charge on any atom is -0.493 e. The van der Waals surface area contributed by atoms with Crippen LogP contribution in [0.25, 0.3) is 0 Å². The van der Waals surface area contributed by atoms with Crippen molar-refractivity contribution in [1.82, 2.24) is 4.98 Å². The molecule has 0 unspecified atom stereocenters. The molecule has 0 aliphatic heterocycles. The topological polar surface area (TPSA) is 77.5 Å². The average Bonchev–Trinajstić information content (AvgIpc) is 3.14. The van der Waals surface area contributed by atoms with Crippen LogP contribution in [0.1, 0.15) is 26.4 Å². The van der Waals surface area contributed by atoms with Crippen LogP contribution in [0.3, 0.4) is 0 Å². The van der Waals surface area contributed by atoms with E-state index in [0.717, 1.165) is 11.3 Å². The number of carbonyl (C=O) groups excluding carboxylic acids is 2. The van der Waals surface area contributed by atoms with Crippen LogP contribution in [0.5, 0.6) is 11.5 Å². The Labute approximate surface area is 167 Å². The van der Waals surface area contributed by atoms with E-state index < -0.39 is 0 Å². The van der Waals surface area contributed by atoms with Gasteiger partial charge in [0.15, 0.2) is 23.2 Å². The number of carbonyl (C=O) groups is 2. The van der Waals surface area contributed by atoms with Crippen molar-refractivity contribution in [1.29, 1.82) is 0 Å². The molecule has 28 heavy (non-hydrogen) atoms. The van der Waals surface area contributed by atoms with Gasteiger partial charge in [-0.05, 0) is 30.7 Å². The highest BCUT2D eigenvalue weighted by Crippen LogP contribution is 2.27. The Kier molecular flexibility index (Phi) is 6.39. The van der Waals surface area contributed by atoms with E-state index in [4.69, 9.17) is 9.47 Å². The first-order chi connectivity index (χ1) is 13.6. The van der Waals surface area contributed by atoms with Gasteiger partial charge in [0.25, 0.3) is 5.91 Å². The van der Waals surface area contributed by atoms with Crippen molar-refractivity contribution in [2.45, 2.75) is 13.3 Å². The second kappa shape index (κ2) is 9.14. The zero-order valence-corrected chi connectivity index (χ0v) is 16.4. The van der Waals surface area contributed by atoms with E-state index in [9.17, 15) is 9.59 Å². The summed E-state index contributed by atoms with van der Waals surface area (Å²) >= 11 is 1.43. The standard InChI is InChI=1S/C21H20N2O4S/c1-14-3-5-15(6-4-14)9-17-11-22-21(28-17)23-20(25)13-27-19-10-16(12-24)7-8-18(19)26-2/h3-8,10-12H,9,13H2,1-2H3,(H,22,23,25). The molecule has 144 valence electrons. The molecule has 0 saturated carbocycles. The Balaban J connectivity index is 1.56. The number of methoxy groups -OCH3 is 1. The quantitative estimate of drug-likeness (QED) is 0.585. The fraction of sp³-hybridized carbons (Fsp3) is 0.190. The van der Waals surface area contributed by atoms with E-state index >= 15 is 0 Å². The summed E-state index contributed by atoms with van der Waals surface area (Å²) in [4.78, 5) is 28.4. The monoisotopic (exact) mass is 396 g/mol. The van der Waals surface area contributed by atoms with Crippen molar-refractivity contribution in [2.24, 2.45) is 0 Å². The number of anilines is 1. The van der Waals surface area contributed by atoms with Crippen molar-refractivity contribution in [2.75, 3.05) is 19.0 Å². The molecule has 7 heteroatoms. The molecule has 0 radical (unpaired) electrons. The Bertz CT molecular complexity index is 967. The van der Waals surface area contributed by atoms with Gasteiger partial charge in [-0.3, -0.25) is 14.9 Å². The number of thiazole rings is 1. The van der Waals surface area contributed by atoms with Crippen molar-refractivity contribution < 1.29 is 19.1 Å². The van der Waals surface area contributed by atoms with Crippen LogP contribution in [0, 0.1) is 6.92 Å². The Morgan fingerprint density at radius 3 is 2.68 bits per heavy atom. The maximum absolute atomic E-state index is 12.2. The van der Waals surface area contributed by atoms with Crippen LogP contribution in [0.15, 0.2) is 48.7 Å². The first kappa shape index (κ1) is 19.6. The third kappa shape index (κ3) is 5.17. The van der Waals surface area contributed by atoms with Gasteiger partial charge in [-0.25, -0.2) is 4.98 Å². The number of amides is 1. The Morgan fingerprint density at radius 2 is 1.96 bits per heavy atom. The highest BCUT2D eigenvalue weighted by molar-refractivity contribution is 7.15. The molecule has 2 aromatic carbocycles. The van der Waals surface area contributed by atoms with Gasteiger partial charge >= 0.3 is 0 Å². The van der Waals surface area contributed by atoms with Crippen LogP contribution in [-0.4, -0.2) is 30.9 Å². The predicted molar refractivity (Wildman–Crippen MR) is 109 cm³/mol. The SMILES string of the molecule is COc1ccc(C=O)cc1OCC(=O)Nc1ncc(Cc2ccc(C)cc2)s1. The van der Waals surface area contributed by atoms with Crippen molar-refractivity contribution >= 4 is 28.7 Å². The van der Waals surface area contributed by atoms with E-state index in [1.165, 1.54) is 35.6 Å². The van der Waals surface area contributed by atoms with Crippen LogP contribution < -0.4 is 14.8 Å². The minimum absolute atomic E-state index is 0.217. The first-order valence-electron chi connectivity index (χ1n) is 8.63. The number of hydrogen-bond donors (Lipinski definition) is 1. The predicted octanol–water partition coefficient (Wildman–Crippen LogP) is 3.88. The van der Waals surface area contributed by atoms with Crippen molar-refractivity contribution in [3.63, 3.8) is 0 Å². The largest absolute Gasteiger partial charge is 0.493 e. The lowest BCUT2D eigenvalue weighted by atomic mass is 10.1. The lowest BCUT2D eigenvalue weighted by molar-refractivity contribution is -0.118. The molecule has 1 heterocycles. The fourth-order valence-corrected chi connectivity index (χ4v) is 3.40. The Hall–Kier alpha value is -3.19. The molecule has 0 saturated heterocycles. The summed E-state index contributed by atoms with van der Waals surface area (Å²) < 4.78 is 10.7. The van der Waals surface area contributed by atoms with Crippen molar-refractivity contribution in [3.8, 4) is 11.5 Å². The van der Waals surface area contributed by atoms with E-state index in [-0.39, 0.29) is 12.5 Å². The number of hydrogen-bond acceptors (Lipinski definition) is 6. The molecule has 0 aliphatic carbocycles. The third-order valence-corrected chi connectivity index (χ3v) is 4.89. The van der Waals surface area contributed by atoms with Gasteiger partial charge in [-0.15, -0.1) is 11.3 Å². The van der Waals surface area contributed by atoms with Crippen LogP contribution in [-0.2, 0) is 11.2 Å². The van der Waals surface area contributed by atoms with E-state index in [1.54, 1.807) is 18.3 Å². The Morgan fingerprint density at radius 1 is 1.18 bits per heavy atom. The second-order valence-electron chi connectivity index (χ2n) is 6.16. The molecule has 0 atom stereocenters. The lowest BCUT2D eigenvalue weighted by Crippen LogP contribution is -2.20. The highest BCUT2D eigenvalue weighted by Gasteiger charge is 2.11. The second-order valence-corrected chi connectivity index (χ2v) is 7.27. The molecule has 6 nitrogen and oxygen atoms in total. The molecular weight excluding hydrogens is 376 g/mol.